The Morgan fingerprint density at radius 2 is 1.82 bits per heavy atom. The Hall–Kier alpha value is -2.16. The molecular formula is C25H30BrClFN3O3. The van der Waals surface area contributed by atoms with Gasteiger partial charge in [-0.2, -0.15) is 0 Å². The Balaban J connectivity index is 1.59. The molecule has 0 aliphatic rings. The normalized spacial score (nSPS) is 13.5. The predicted molar refractivity (Wildman–Crippen MR) is 134 cm³/mol. The van der Waals surface area contributed by atoms with Crippen molar-refractivity contribution < 1.29 is 19.0 Å². The average Bonchev–Trinajstić information content (AvgIpc) is 3.29. The van der Waals surface area contributed by atoms with Crippen LogP contribution in [0.15, 0.2) is 53.1 Å². The molecule has 34 heavy (non-hydrogen) atoms. The summed E-state index contributed by atoms with van der Waals surface area (Å²) in [5.74, 6) is 2.29. The van der Waals surface area contributed by atoms with E-state index in [1.807, 2.05) is 37.3 Å². The Bertz CT molecular complexity index is 1060. The highest BCUT2D eigenvalue weighted by Crippen LogP contribution is 2.36. The summed E-state index contributed by atoms with van der Waals surface area (Å²) < 4.78 is 26.5. The van der Waals surface area contributed by atoms with Crippen LogP contribution in [-0.4, -0.2) is 45.3 Å². The van der Waals surface area contributed by atoms with Crippen LogP contribution in [0.2, 0.25) is 0 Å². The molecule has 0 unspecified atom stereocenters. The second-order valence-corrected chi connectivity index (χ2v) is 10.1. The molecule has 1 heterocycles. The van der Waals surface area contributed by atoms with Gasteiger partial charge >= 0.3 is 0 Å². The minimum absolute atomic E-state index is 0.0876. The Morgan fingerprint density at radius 3 is 2.44 bits per heavy atom. The van der Waals surface area contributed by atoms with Gasteiger partial charge in [-0.05, 0) is 51.3 Å². The molecule has 9 heteroatoms. The second kappa shape index (κ2) is 12.0. The molecule has 1 aromatic heterocycles. The van der Waals surface area contributed by atoms with Crippen LogP contribution in [0.3, 0.4) is 0 Å². The van der Waals surface area contributed by atoms with E-state index >= 15 is 0 Å². The highest BCUT2D eigenvalue weighted by Gasteiger charge is 2.24. The van der Waals surface area contributed by atoms with Crippen molar-refractivity contribution in [3.8, 4) is 11.5 Å². The Kier molecular flexibility index (Phi) is 9.33. The number of ether oxygens (including phenoxy) is 2. The topological polar surface area (TPSA) is 69.4 Å². The third-order valence-electron chi connectivity index (χ3n) is 5.58. The summed E-state index contributed by atoms with van der Waals surface area (Å²) in [6, 6.07) is 14.0. The van der Waals surface area contributed by atoms with Crippen molar-refractivity contribution in [2.45, 2.75) is 45.5 Å². The van der Waals surface area contributed by atoms with E-state index in [4.69, 9.17) is 21.1 Å². The number of nitrogens with zero attached hydrogens (tertiary/aromatic N) is 3. The van der Waals surface area contributed by atoms with Gasteiger partial charge < -0.3 is 14.6 Å². The molecule has 2 aromatic carbocycles. The summed E-state index contributed by atoms with van der Waals surface area (Å²) in [5, 5.41) is 17.6. The van der Waals surface area contributed by atoms with Crippen LogP contribution >= 0.6 is 27.5 Å². The fraction of sp³-hybridized carbons (Fsp3) is 0.440. The molecule has 0 amide bonds. The number of aliphatic hydroxyl groups is 1. The minimum atomic E-state index is -0.796. The lowest BCUT2D eigenvalue weighted by Gasteiger charge is -2.27. The standard InChI is InChI=1S/C25H30BrClFN3O3/c1-17(11-27)15-34-24-9-6-19(10-23(24)26)25(2,3)18-4-7-22(8-5-18)33-16-21(32)14-31-13-20(12-28)29-30-31/h4-10,13,17,21,32H,11-12,14-16H2,1-3H3/t17-,21+/m1/s1/i28-1. The molecule has 6 nitrogen and oxygen atoms in total. The maximum Gasteiger partial charge on any atom is 0.135 e. The largest absolute Gasteiger partial charge is 0.492 e. The lowest BCUT2D eigenvalue weighted by molar-refractivity contribution is 0.0888. The van der Waals surface area contributed by atoms with Gasteiger partial charge in [0.15, 0.2) is 0 Å². The molecule has 0 saturated carbocycles. The van der Waals surface area contributed by atoms with Gasteiger partial charge in [0, 0.05) is 17.2 Å². The van der Waals surface area contributed by atoms with Crippen molar-refractivity contribution in [2.24, 2.45) is 5.92 Å². The van der Waals surface area contributed by atoms with Crippen LogP contribution in [-0.2, 0) is 18.6 Å². The summed E-state index contributed by atoms with van der Waals surface area (Å²) in [6.07, 6.45) is 0.674. The number of aliphatic hydroxyl groups excluding tert-OH is 1. The monoisotopic (exact) mass is 552 g/mol. The smallest absolute Gasteiger partial charge is 0.135 e. The van der Waals surface area contributed by atoms with Crippen molar-refractivity contribution >= 4 is 27.5 Å². The molecule has 0 bridgehead atoms. The Labute approximate surface area is 213 Å². The summed E-state index contributed by atoms with van der Waals surface area (Å²) in [7, 11) is 0. The van der Waals surface area contributed by atoms with Crippen LogP contribution in [0.1, 0.15) is 37.6 Å². The van der Waals surface area contributed by atoms with Gasteiger partial charge in [-0.3, -0.25) is 0 Å². The number of hydrogen-bond acceptors (Lipinski definition) is 5. The molecule has 1 N–H and O–H groups in total. The average molecular weight is 554 g/mol. The van der Waals surface area contributed by atoms with E-state index in [9.17, 15) is 9.50 Å². The van der Waals surface area contributed by atoms with Gasteiger partial charge in [-0.25, -0.2) is 9.07 Å². The first-order chi connectivity index (χ1) is 16.2. The van der Waals surface area contributed by atoms with E-state index in [0.29, 0.717) is 18.2 Å². The lowest BCUT2D eigenvalue weighted by Crippen LogP contribution is -2.24. The predicted octanol–water partition coefficient (Wildman–Crippen LogP) is 5.53. The van der Waals surface area contributed by atoms with Gasteiger partial charge in [0.2, 0.25) is 0 Å². The third kappa shape index (κ3) is 6.93. The first-order valence-corrected chi connectivity index (χ1v) is 12.4. The quantitative estimate of drug-likeness (QED) is 0.299. The van der Waals surface area contributed by atoms with Gasteiger partial charge in [0.25, 0.3) is 0 Å². The van der Waals surface area contributed by atoms with E-state index in [1.54, 1.807) is 0 Å². The van der Waals surface area contributed by atoms with Crippen LogP contribution in [0.5, 0.6) is 11.5 Å². The van der Waals surface area contributed by atoms with E-state index < -0.39 is 12.8 Å². The molecule has 0 spiro atoms. The minimum Gasteiger partial charge on any atom is -0.492 e. The maximum absolute atomic E-state index is 12.6. The van der Waals surface area contributed by atoms with Crippen molar-refractivity contribution in [1.82, 2.24) is 15.0 Å². The number of benzene rings is 2. The first kappa shape index (κ1) is 26.4. The summed E-state index contributed by atoms with van der Waals surface area (Å²) in [6.45, 7) is 6.52. The van der Waals surface area contributed by atoms with E-state index in [1.165, 1.54) is 10.9 Å². The van der Waals surface area contributed by atoms with Gasteiger partial charge in [0.1, 0.15) is 36.6 Å². The van der Waals surface area contributed by atoms with Crippen molar-refractivity contribution in [3.05, 3.63) is 70.0 Å². The number of halogens is 3. The summed E-state index contributed by atoms with van der Waals surface area (Å²) in [4.78, 5) is 0. The molecule has 0 saturated heterocycles. The van der Waals surface area contributed by atoms with Crippen LogP contribution < -0.4 is 9.47 Å². The summed E-state index contributed by atoms with van der Waals surface area (Å²) >= 11 is 9.49. The maximum atomic E-state index is 12.6. The zero-order chi connectivity index (χ0) is 24.7. The molecule has 3 rings (SSSR count). The number of rotatable bonds is 12. The molecule has 0 aliphatic carbocycles. The van der Waals surface area contributed by atoms with E-state index in [2.05, 4.69) is 52.2 Å². The molecule has 3 aromatic rings. The number of alkyl halides is 2. The van der Waals surface area contributed by atoms with E-state index in [0.717, 1.165) is 21.3 Å². The molecule has 0 aliphatic heterocycles. The number of hydrogen-bond donors (Lipinski definition) is 1. The third-order valence-corrected chi connectivity index (χ3v) is 6.73. The fourth-order valence-electron chi connectivity index (χ4n) is 3.37. The van der Waals surface area contributed by atoms with Crippen LogP contribution in [0.25, 0.3) is 0 Å². The SMILES string of the molecule is C[C@H](CCl)COc1ccc(C(C)(C)c2ccc(OC[C@@H](O)Cn3cc(C[18F])nn3)cc2)cc1Br. The molecular weight excluding hydrogens is 524 g/mol. The van der Waals surface area contributed by atoms with Crippen LogP contribution in [0, 0.1) is 5.92 Å². The van der Waals surface area contributed by atoms with E-state index in [-0.39, 0.29) is 30.2 Å². The van der Waals surface area contributed by atoms with Crippen molar-refractivity contribution in [1.29, 1.82) is 0 Å². The zero-order valence-electron chi connectivity index (χ0n) is 19.5. The Morgan fingerprint density at radius 1 is 1.12 bits per heavy atom. The number of aromatic nitrogens is 3. The molecule has 0 radical (unpaired) electrons. The van der Waals surface area contributed by atoms with Gasteiger partial charge in [-0.1, -0.05) is 44.2 Å². The van der Waals surface area contributed by atoms with Gasteiger partial charge in [-0.15, -0.1) is 16.7 Å². The summed E-state index contributed by atoms with van der Waals surface area (Å²) in [5.41, 5.74) is 2.25. The molecule has 0 fully saturated rings. The highest BCUT2D eigenvalue weighted by molar-refractivity contribution is 9.10. The molecule has 2 atom stereocenters. The van der Waals surface area contributed by atoms with Crippen molar-refractivity contribution in [3.63, 3.8) is 0 Å². The first-order valence-electron chi connectivity index (χ1n) is 11.1. The van der Waals surface area contributed by atoms with Gasteiger partial charge in [0.05, 0.1) is 23.8 Å². The second-order valence-electron chi connectivity index (χ2n) is 8.90. The van der Waals surface area contributed by atoms with Crippen molar-refractivity contribution in [2.75, 3.05) is 19.1 Å². The van der Waals surface area contributed by atoms with Crippen LogP contribution in [0.4, 0.5) is 4.39 Å². The lowest BCUT2D eigenvalue weighted by atomic mass is 9.78. The molecule has 184 valence electrons. The highest BCUT2D eigenvalue weighted by atomic mass is 79.9. The fourth-order valence-corrected chi connectivity index (χ4v) is 3.95. The zero-order valence-corrected chi connectivity index (χ0v) is 21.9.